The summed E-state index contributed by atoms with van der Waals surface area (Å²) in [4.78, 5) is 14.7. The largest absolute Gasteiger partial charge is 0.337 e. The lowest BCUT2D eigenvalue weighted by Gasteiger charge is -2.20. The van der Waals surface area contributed by atoms with Crippen molar-refractivity contribution in [3.05, 3.63) is 64.7 Å². The average Bonchev–Trinajstić information content (AvgIpc) is 3.39. The van der Waals surface area contributed by atoms with E-state index >= 15 is 0 Å². The summed E-state index contributed by atoms with van der Waals surface area (Å²) in [5.74, 6) is -0.186. The Kier molecular flexibility index (Phi) is 5.16. The summed E-state index contributed by atoms with van der Waals surface area (Å²) >= 11 is 0. The summed E-state index contributed by atoms with van der Waals surface area (Å²) in [7, 11) is -1.85. The zero-order chi connectivity index (χ0) is 18.9. The van der Waals surface area contributed by atoms with Gasteiger partial charge in [-0.1, -0.05) is 30.3 Å². The van der Waals surface area contributed by atoms with Crippen LogP contribution in [0, 0.1) is 13.8 Å². The standard InChI is InChI=1S/C20H24N2O3S/c1-14-6-4-5-7-16(14)13-22(3)20(23)19-12-18(11-8-15(19)2)26(24,25)21-17-9-10-17/h4-8,11-12,17,21H,9-10,13H2,1-3H3. The predicted octanol–water partition coefficient (Wildman–Crippen LogP) is 3.02. The van der Waals surface area contributed by atoms with Crippen molar-refractivity contribution < 1.29 is 13.2 Å². The number of amides is 1. The van der Waals surface area contributed by atoms with Gasteiger partial charge in [-0.3, -0.25) is 4.79 Å². The van der Waals surface area contributed by atoms with Gasteiger partial charge < -0.3 is 4.90 Å². The molecule has 0 radical (unpaired) electrons. The third-order valence-corrected chi connectivity index (χ3v) is 6.18. The Morgan fingerprint density at radius 3 is 2.46 bits per heavy atom. The Morgan fingerprint density at radius 2 is 1.81 bits per heavy atom. The molecule has 0 atom stereocenters. The quantitative estimate of drug-likeness (QED) is 0.848. The summed E-state index contributed by atoms with van der Waals surface area (Å²) in [5.41, 5.74) is 3.37. The van der Waals surface area contributed by atoms with E-state index in [1.807, 2.05) is 38.1 Å². The SMILES string of the molecule is Cc1ccccc1CN(C)C(=O)c1cc(S(=O)(=O)NC2CC2)ccc1C. The third-order valence-electron chi connectivity index (χ3n) is 4.66. The Balaban J connectivity index is 1.84. The normalized spacial score (nSPS) is 14.3. The summed E-state index contributed by atoms with van der Waals surface area (Å²) in [6, 6.07) is 12.7. The lowest BCUT2D eigenvalue weighted by molar-refractivity contribution is 0.0784. The van der Waals surface area contributed by atoms with Crippen LogP contribution in [0.3, 0.4) is 0 Å². The molecule has 6 heteroatoms. The molecule has 1 aliphatic rings. The number of aryl methyl sites for hydroxylation is 2. The van der Waals surface area contributed by atoms with Gasteiger partial charge in [0.1, 0.15) is 0 Å². The molecule has 1 N–H and O–H groups in total. The number of nitrogens with one attached hydrogen (secondary N) is 1. The van der Waals surface area contributed by atoms with Crippen molar-refractivity contribution in [2.75, 3.05) is 7.05 Å². The minimum absolute atomic E-state index is 0.0317. The van der Waals surface area contributed by atoms with E-state index in [0.29, 0.717) is 12.1 Å². The van der Waals surface area contributed by atoms with Gasteiger partial charge in [-0.25, -0.2) is 13.1 Å². The fraction of sp³-hybridized carbons (Fsp3) is 0.350. The van der Waals surface area contributed by atoms with Crippen LogP contribution in [0.5, 0.6) is 0 Å². The Morgan fingerprint density at radius 1 is 1.12 bits per heavy atom. The molecule has 0 saturated heterocycles. The van der Waals surface area contributed by atoms with Crippen LogP contribution in [-0.2, 0) is 16.6 Å². The van der Waals surface area contributed by atoms with Crippen molar-refractivity contribution in [1.29, 1.82) is 0 Å². The lowest BCUT2D eigenvalue weighted by Crippen LogP contribution is -2.29. The summed E-state index contributed by atoms with van der Waals surface area (Å²) in [6.45, 7) is 4.30. The number of carbonyl (C=O) groups is 1. The molecule has 0 heterocycles. The van der Waals surface area contributed by atoms with Gasteiger partial charge in [0.2, 0.25) is 10.0 Å². The molecule has 0 spiro atoms. The highest BCUT2D eigenvalue weighted by atomic mass is 32.2. The zero-order valence-corrected chi connectivity index (χ0v) is 16.1. The van der Waals surface area contributed by atoms with Gasteiger partial charge in [-0.15, -0.1) is 0 Å². The van der Waals surface area contributed by atoms with Gasteiger partial charge >= 0.3 is 0 Å². The molecule has 138 valence electrons. The molecular formula is C20H24N2O3S. The van der Waals surface area contributed by atoms with Crippen LogP contribution in [0.2, 0.25) is 0 Å². The third kappa shape index (κ3) is 4.14. The molecule has 0 aromatic heterocycles. The molecule has 0 bridgehead atoms. The minimum Gasteiger partial charge on any atom is -0.337 e. The first-order chi connectivity index (χ1) is 12.3. The molecule has 5 nitrogen and oxygen atoms in total. The first kappa shape index (κ1) is 18.6. The number of sulfonamides is 1. The smallest absolute Gasteiger partial charge is 0.254 e. The Labute approximate surface area is 155 Å². The predicted molar refractivity (Wildman–Crippen MR) is 101 cm³/mol. The first-order valence-corrected chi connectivity index (χ1v) is 10.2. The van der Waals surface area contributed by atoms with Crippen LogP contribution in [0.15, 0.2) is 47.4 Å². The number of hydrogen-bond donors (Lipinski definition) is 1. The molecule has 0 unspecified atom stereocenters. The van der Waals surface area contributed by atoms with Gasteiger partial charge in [0.25, 0.3) is 5.91 Å². The van der Waals surface area contributed by atoms with Crippen molar-refractivity contribution in [1.82, 2.24) is 9.62 Å². The van der Waals surface area contributed by atoms with Gasteiger partial charge in [0.05, 0.1) is 4.90 Å². The highest BCUT2D eigenvalue weighted by Gasteiger charge is 2.28. The van der Waals surface area contributed by atoms with Crippen molar-refractivity contribution >= 4 is 15.9 Å². The van der Waals surface area contributed by atoms with Crippen molar-refractivity contribution in [2.45, 2.75) is 44.2 Å². The second-order valence-corrected chi connectivity index (χ2v) is 8.67. The molecule has 2 aromatic carbocycles. The van der Waals surface area contributed by atoms with Crippen LogP contribution < -0.4 is 4.72 Å². The van der Waals surface area contributed by atoms with E-state index in [0.717, 1.165) is 29.5 Å². The van der Waals surface area contributed by atoms with E-state index in [2.05, 4.69) is 4.72 Å². The van der Waals surface area contributed by atoms with Crippen LogP contribution in [0.4, 0.5) is 0 Å². The molecule has 3 rings (SSSR count). The van der Waals surface area contributed by atoms with E-state index in [1.54, 1.807) is 24.1 Å². The van der Waals surface area contributed by atoms with Crippen LogP contribution in [-0.4, -0.2) is 32.3 Å². The highest BCUT2D eigenvalue weighted by molar-refractivity contribution is 7.89. The maximum atomic E-state index is 12.9. The van der Waals surface area contributed by atoms with Gasteiger partial charge in [-0.05, 0) is 55.5 Å². The summed E-state index contributed by atoms with van der Waals surface area (Å²) in [5, 5.41) is 0. The number of carbonyl (C=O) groups excluding carboxylic acids is 1. The van der Waals surface area contributed by atoms with Gasteiger partial charge in [-0.2, -0.15) is 0 Å². The summed E-state index contributed by atoms with van der Waals surface area (Å²) in [6.07, 6.45) is 1.74. The Hall–Kier alpha value is -2.18. The Bertz CT molecular complexity index is 934. The second kappa shape index (κ2) is 7.21. The van der Waals surface area contributed by atoms with E-state index in [-0.39, 0.29) is 16.8 Å². The molecule has 26 heavy (non-hydrogen) atoms. The molecule has 1 aliphatic carbocycles. The maximum Gasteiger partial charge on any atom is 0.254 e. The van der Waals surface area contributed by atoms with Crippen molar-refractivity contribution in [3.63, 3.8) is 0 Å². The van der Waals surface area contributed by atoms with Crippen LogP contribution in [0.1, 0.15) is 39.9 Å². The first-order valence-electron chi connectivity index (χ1n) is 8.71. The second-order valence-electron chi connectivity index (χ2n) is 6.96. The maximum absolute atomic E-state index is 12.9. The lowest BCUT2D eigenvalue weighted by atomic mass is 10.1. The zero-order valence-electron chi connectivity index (χ0n) is 15.3. The van der Waals surface area contributed by atoms with Crippen molar-refractivity contribution in [3.8, 4) is 0 Å². The van der Waals surface area contributed by atoms with Gasteiger partial charge in [0.15, 0.2) is 0 Å². The molecule has 1 saturated carbocycles. The number of rotatable bonds is 6. The number of benzene rings is 2. The minimum atomic E-state index is -3.58. The van der Waals surface area contributed by atoms with Crippen LogP contribution >= 0.6 is 0 Å². The number of nitrogens with zero attached hydrogens (tertiary/aromatic N) is 1. The summed E-state index contributed by atoms with van der Waals surface area (Å²) < 4.78 is 27.5. The fourth-order valence-electron chi connectivity index (χ4n) is 2.81. The average molecular weight is 372 g/mol. The van der Waals surface area contributed by atoms with E-state index in [4.69, 9.17) is 0 Å². The topological polar surface area (TPSA) is 66.5 Å². The fourth-order valence-corrected chi connectivity index (χ4v) is 4.14. The molecule has 1 fully saturated rings. The van der Waals surface area contributed by atoms with Crippen LogP contribution in [0.25, 0.3) is 0 Å². The number of hydrogen-bond acceptors (Lipinski definition) is 3. The highest BCUT2D eigenvalue weighted by Crippen LogP contribution is 2.24. The van der Waals surface area contributed by atoms with Crippen molar-refractivity contribution in [2.24, 2.45) is 0 Å². The van der Waals surface area contributed by atoms with E-state index in [1.165, 1.54) is 6.07 Å². The molecule has 2 aromatic rings. The molecular weight excluding hydrogens is 348 g/mol. The molecule has 0 aliphatic heterocycles. The monoisotopic (exact) mass is 372 g/mol. The van der Waals surface area contributed by atoms with E-state index in [9.17, 15) is 13.2 Å². The van der Waals surface area contributed by atoms with Gasteiger partial charge in [0, 0.05) is 25.2 Å². The van der Waals surface area contributed by atoms with E-state index < -0.39 is 10.0 Å². The molecule has 1 amide bonds.